The summed E-state index contributed by atoms with van der Waals surface area (Å²) in [5.74, 6) is 0. The highest BCUT2D eigenvalue weighted by molar-refractivity contribution is 5.69. The third kappa shape index (κ3) is 9.10. The van der Waals surface area contributed by atoms with Crippen LogP contribution < -0.4 is 0 Å². The maximum atomic E-state index is 11.7. The fourth-order valence-electron chi connectivity index (χ4n) is 2.64. The molecule has 9 nitrogen and oxygen atoms in total. The molecule has 9 heteroatoms. The van der Waals surface area contributed by atoms with Crippen LogP contribution in [0.4, 0.5) is 9.59 Å². The van der Waals surface area contributed by atoms with Gasteiger partial charge in [0.05, 0.1) is 45.0 Å². The number of nitrogens with zero attached hydrogens (tertiary/aromatic N) is 3. The molecule has 1 aromatic rings. The summed E-state index contributed by atoms with van der Waals surface area (Å²) < 4.78 is 16.0. The topological polar surface area (TPSA) is 101 Å². The summed E-state index contributed by atoms with van der Waals surface area (Å²) in [4.78, 5) is 30.0. The van der Waals surface area contributed by atoms with Crippen molar-refractivity contribution in [2.24, 2.45) is 0 Å². The summed E-state index contributed by atoms with van der Waals surface area (Å²) in [6.07, 6.45) is 2.61. The zero-order valence-electron chi connectivity index (χ0n) is 19.3. The molecule has 0 unspecified atom stereocenters. The first kappa shape index (κ1) is 24.9. The highest BCUT2D eigenvalue weighted by Crippen LogP contribution is 2.18. The van der Waals surface area contributed by atoms with Crippen LogP contribution in [0.2, 0.25) is 0 Å². The van der Waals surface area contributed by atoms with Gasteiger partial charge in [-0.1, -0.05) is 0 Å². The average Bonchev–Trinajstić information content (AvgIpc) is 2.56. The molecular weight excluding hydrogens is 402 g/mol. The van der Waals surface area contributed by atoms with E-state index in [2.05, 4.69) is 4.98 Å². The molecule has 31 heavy (non-hydrogen) atoms. The van der Waals surface area contributed by atoms with Crippen molar-refractivity contribution < 1.29 is 28.9 Å². The molecule has 0 aromatic carbocycles. The van der Waals surface area contributed by atoms with E-state index in [-0.39, 0.29) is 24.4 Å². The molecular formula is C22H35N3O6. The molecule has 0 spiro atoms. The van der Waals surface area contributed by atoms with Crippen molar-refractivity contribution >= 4 is 12.2 Å². The molecule has 2 aliphatic heterocycles. The smallest absolute Gasteiger partial charge is 0.410 e. The highest BCUT2D eigenvalue weighted by atomic mass is 16.6. The lowest BCUT2D eigenvalue weighted by molar-refractivity contribution is -0.0691. The van der Waals surface area contributed by atoms with Gasteiger partial charge in [0.25, 0.3) is 0 Å². The maximum absolute atomic E-state index is 11.7. The molecule has 0 aliphatic carbocycles. The normalized spacial score (nSPS) is 17.1. The first-order valence-corrected chi connectivity index (χ1v) is 10.5. The van der Waals surface area contributed by atoms with Gasteiger partial charge in [-0.25, -0.2) is 9.59 Å². The Labute approximate surface area is 184 Å². The predicted octanol–water partition coefficient (Wildman–Crippen LogP) is 2.82. The van der Waals surface area contributed by atoms with E-state index in [4.69, 9.17) is 19.3 Å². The first-order valence-electron chi connectivity index (χ1n) is 10.5. The number of likely N-dealkylation sites (tertiary alicyclic amines) is 2. The van der Waals surface area contributed by atoms with Crippen LogP contribution in [-0.2, 0) is 20.8 Å². The second-order valence-corrected chi connectivity index (χ2v) is 9.71. The van der Waals surface area contributed by atoms with Crippen molar-refractivity contribution in [3.8, 4) is 0 Å². The first-order chi connectivity index (χ1) is 14.3. The number of aromatic nitrogens is 1. The van der Waals surface area contributed by atoms with Crippen LogP contribution in [0.3, 0.4) is 0 Å². The number of rotatable bonds is 3. The molecule has 2 saturated heterocycles. The van der Waals surface area contributed by atoms with Crippen LogP contribution in [0.15, 0.2) is 24.5 Å². The molecule has 2 aliphatic rings. The van der Waals surface area contributed by atoms with Crippen molar-refractivity contribution in [2.75, 3.05) is 26.2 Å². The summed E-state index contributed by atoms with van der Waals surface area (Å²) in [6, 6.07) is 3.84. The monoisotopic (exact) mass is 437 g/mol. The van der Waals surface area contributed by atoms with Gasteiger partial charge in [-0.15, -0.1) is 0 Å². The molecule has 0 radical (unpaired) electrons. The number of β-amino-alcohol motifs (C(OH)–C–C–N with tert-alkyl or cyclic N) is 1. The van der Waals surface area contributed by atoms with Crippen LogP contribution in [0.1, 0.15) is 47.1 Å². The molecule has 3 heterocycles. The van der Waals surface area contributed by atoms with E-state index < -0.39 is 11.2 Å². The van der Waals surface area contributed by atoms with E-state index in [1.165, 1.54) is 4.90 Å². The molecule has 0 bridgehead atoms. The van der Waals surface area contributed by atoms with Crippen LogP contribution in [0, 0.1) is 0 Å². The fourth-order valence-corrected chi connectivity index (χ4v) is 2.64. The summed E-state index contributed by atoms with van der Waals surface area (Å²) in [7, 11) is 0. The van der Waals surface area contributed by atoms with Gasteiger partial charge in [0, 0.05) is 12.4 Å². The Bertz CT molecular complexity index is 717. The van der Waals surface area contributed by atoms with Gasteiger partial charge >= 0.3 is 12.2 Å². The lowest BCUT2D eigenvalue weighted by Gasteiger charge is -2.39. The van der Waals surface area contributed by atoms with Gasteiger partial charge in [-0.2, -0.15) is 0 Å². The Hall–Kier alpha value is -2.39. The third-order valence-electron chi connectivity index (χ3n) is 4.25. The minimum absolute atomic E-state index is 0.0979. The molecule has 2 amide bonds. The van der Waals surface area contributed by atoms with Crippen molar-refractivity contribution in [3.05, 3.63) is 30.1 Å². The molecule has 3 rings (SSSR count). The number of hydrogen-bond donors (Lipinski definition) is 1. The van der Waals surface area contributed by atoms with Crippen LogP contribution in [-0.4, -0.2) is 81.7 Å². The third-order valence-corrected chi connectivity index (χ3v) is 4.25. The Morgan fingerprint density at radius 3 is 1.81 bits per heavy atom. The number of pyridine rings is 1. The van der Waals surface area contributed by atoms with Crippen LogP contribution in [0.25, 0.3) is 0 Å². The van der Waals surface area contributed by atoms with Gasteiger partial charge in [-0.05, 0) is 59.2 Å². The van der Waals surface area contributed by atoms with E-state index in [1.807, 2.05) is 53.7 Å². The Morgan fingerprint density at radius 2 is 1.39 bits per heavy atom. The minimum atomic E-state index is -0.447. The van der Waals surface area contributed by atoms with Crippen molar-refractivity contribution in [2.45, 2.75) is 71.6 Å². The largest absolute Gasteiger partial charge is 0.444 e. The number of carbonyl (C=O) groups is 2. The second kappa shape index (κ2) is 10.3. The quantitative estimate of drug-likeness (QED) is 0.776. The highest BCUT2D eigenvalue weighted by Gasteiger charge is 2.34. The van der Waals surface area contributed by atoms with E-state index in [0.717, 1.165) is 5.56 Å². The number of aliphatic hydroxyl groups excluding tert-OH is 1. The van der Waals surface area contributed by atoms with E-state index in [0.29, 0.717) is 32.8 Å². The van der Waals surface area contributed by atoms with Gasteiger partial charge in [-0.3, -0.25) is 4.98 Å². The van der Waals surface area contributed by atoms with Gasteiger partial charge in [0.15, 0.2) is 0 Å². The van der Waals surface area contributed by atoms with Crippen molar-refractivity contribution in [3.63, 3.8) is 0 Å². The van der Waals surface area contributed by atoms with Crippen molar-refractivity contribution in [1.82, 2.24) is 14.8 Å². The summed E-state index contributed by atoms with van der Waals surface area (Å²) in [5, 5.41) is 8.92. The van der Waals surface area contributed by atoms with E-state index in [9.17, 15) is 9.59 Å². The summed E-state index contributed by atoms with van der Waals surface area (Å²) in [6.45, 7) is 13.6. The van der Waals surface area contributed by atoms with Gasteiger partial charge < -0.3 is 29.1 Å². The zero-order chi connectivity index (χ0) is 23.2. The summed E-state index contributed by atoms with van der Waals surface area (Å²) >= 11 is 0. The number of amides is 2. The van der Waals surface area contributed by atoms with Gasteiger partial charge in [0.1, 0.15) is 11.2 Å². The molecule has 0 saturated carbocycles. The molecule has 1 N–H and O–H groups in total. The molecule has 174 valence electrons. The number of ether oxygens (including phenoxy) is 3. The second-order valence-electron chi connectivity index (χ2n) is 9.71. The average molecular weight is 438 g/mol. The SMILES string of the molecule is CC(C)(C)OC(=O)N1CC(O)C1.CC(C)(C)OC(=O)N1CC(OCc2ccncc2)C1. The van der Waals surface area contributed by atoms with E-state index in [1.54, 1.807) is 17.3 Å². The molecule has 0 atom stereocenters. The summed E-state index contributed by atoms with van der Waals surface area (Å²) in [5.41, 5.74) is 0.197. The number of hydrogen-bond acceptors (Lipinski definition) is 7. The van der Waals surface area contributed by atoms with Crippen LogP contribution >= 0.6 is 0 Å². The Kier molecular flexibility index (Phi) is 8.25. The minimum Gasteiger partial charge on any atom is -0.444 e. The maximum Gasteiger partial charge on any atom is 0.410 e. The molecule has 1 aromatic heterocycles. The standard InChI is InChI=1S/C14H20N2O3.C8H15NO3/c1-14(2,3)19-13(17)16-8-12(9-16)18-10-11-4-6-15-7-5-11;1-8(2,3)12-7(11)9-4-6(10)5-9/h4-7,12H,8-10H2,1-3H3;6,10H,4-5H2,1-3H3. The van der Waals surface area contributed by atoms with E-state index >= 15 is 0 Å². The Morgan fingerprint density at radius 1 is 0.935 bits per heavy atom. The lowest BCUT2D eigenvalue weighted by atomic mass is 10.1. The fraction of sp³-hybridized carbons (Fsp3) is 0.682. The zero-order valence-corrected chi connectivity index (χ0v) is 19.3. The lowest BCUT2D eigenvalue weighted by Crippen LogP contribution is -2.55. The van der Waals surface area contributed by atoms with Crippen LogP contribution in [0.5, 0.6) is 0 Å². The number of carbonyl (C=O) groups excluding carboxylic acids is 2. The predicted molar refractivity (Wildman–Crippen MR) is 114 cm³/mol. The Balaban J connectivity index is 0.000000245. The number of aliphatic hydroxyl groups is 1. The van der Waals surface area contributed by atoms with Gasteiger partial charge in [0.2, 0.25) is 0 Å². The van der Waals surface area contributed by atoms with Crippen molar-refractivity contribution in [1.29, 1.82) is 0 Å². The molecule has 2 fully saturated rings.